The molecule has 10 heteroatoms. The normalized spacial score (nSPS) is 14.2. The molecule has 0 amide bonds. The maximum atomic E-state index is 11.7. The van der Waals surface area contributed by atoms with Crippen LogP contribution in [-0.2, 0) is 20.4 Å². The summed E-state index contributed by atoms with van der Waals surface area (Å²) in [6.45, 7) is 3.26. The van der Waals surface area contributed by atoms with Crippen molar-refractivity contribution in [1.29, 1.82) is 0 Å². The van der Waals surface area contributed by atoms with Crippen LogP contribution in [0.5, 0.6) is 0 Å². The second kappa shape index (κ2) is 10.00. The Balaban J connectivity index is 2.43. The Kier molecular flexibility index (Phi) is 8.72. The van der Waals surface area contributed by atoms with Crippen LogP contribution in [0.4, 0.5) is 0 Å². The minimum Gasteiger partial charge on any atom is -0.382 e. The summed E-state index contributed by atoms with van der Waals surface area (Å²) in [7, 11) is -3.69. The molecule has 1 rings (SSSR count). The number of allylic oxidation sites excluding steroid dienone is 2. The van der Waals surface area contributed by atoms with Crippen molar-refractivity contribution in [3.8, 4) is 0 Å². The molecule has 1 aromatic rings. The van der Waals surface area contributed by atoms with Gasteiger partial charge in [0, 0.05) is 26.0 Å². The highest BCUT2D eigenvalue weighted by atomic mass is 79.9. The maximum absolute atomic E-state index is 11.7. The van der Waals surface area contributed by atoms with E-state index in [0.717, 1.165) is 0 Å². The summed E-state index contributed by atoms with van der Waals surface area (Å²) in [6, 6.07) is 0. The fraction of sp³-hybridized carbons (Fsp3) is 0.538. The van der Waals surface area contributed by atoms with Crippen molar-refractivity contribution in [2.75, 3.05) is 26.0 Å². The van der Waals surface area contributed by atoms with Gasteiger partial charge in [-0.3, -0.25) is 18.9 Å². The van der Waals surface area contributed by atoms with Crippen molar-refractivity contribution in [1.82, 2.24) is 9.55 Å². The van der Waals surface area contributed by atoms with Gasteiger partial charge in [-0.2, -0.15) is 0 Å². The molecule has 0 fully saturated rings. The van der Waals surface area contributed by atoms with E-state index in [1.165, 1.54) is 16.8 Å². The average molecular weight is 411 g/mol. The number of H-pyrrole nitrogens is 1. The summed E-state index contributed by atoms with van der Waals surface area (Å²) >= 11 is 3.02. The van der Waals surface area contributed by atoms with E-state index < -0.39 is 18.8 Å². The fourth-order valence-electron chi connectivity index (χ4n) is 1.58. The molecule has 0 aromatic carbocycles. The van der Waals surface area contributed by atoms with Gasteiger partial charge < -0.3 is 14.2 Å². The standard InChI is InChI=1S/C13H20BrN2O6P/c1-2-21-7-5-8-22-23(19,20)9-4-3-6-16-10-11(14)12(17)15-13(16)18/h3-4,10H,2,5-9H2,1H3,(H,19,20)(H,15,17,18)/b4-3+. The molecule has 0 bridgehead atoms. The Labute approximate surface area is 141 Å². The number of rotatable bonds is 10. The summed E-state index contributed by atoms with van der Waals surface area (Å²) in [5.41, 5.74) is -1.06. The molecule has 0 aliphatic rings. The smallest absolute Gasteiger partial charge is 0.331 e. The van der Waals surface area contributed by atoms with Crippen LogP contribution >= 0.6 is 23.5 Å². The number of nitrogens with one attached hydrogen (secondary N) is 1. The molecular weight excluding hydrogens is 391 g/mol. The molecular formula is C13H20BrN2O6P. The van der Waals surface area contributed by atoms with E-state index in [0.29, 0.717) is 19.6 Å². The molecule has 0 spiro atoms. The lowest BCUT2D eigenvalue weighted by molar-refractivity contribution is 0.128. The molecule has 1 atom stereocenters. The molecule has 0 saturated heterocycles. The van der Waals surface area contributed by atoms with Crippen molar-refractivity contribution < 1.29 is 18.7 Å². The Morgan fingerprint density at radius 2 is 2.13 bits per heavy atom. The number of ether oxygens (including phenoxy) is 1. The van der Waals surface area contributed by atoms with E-state index in [4.69, 9.17) is 9.26 Å². The first-order valence-corrected chi connectivity index (χ1v) is 9.59. The third-order valence-electron chi connectivity index (χ3n) is 2.70. The van der Waals surface area contributed by atoms with Crippen molar-refractivity contribution in [3.63, 3.8) is 0 Å². The lowest BCUT2D eigenvalue weighted by Crippen LogP contribution is -2.29. The van der Waals surface area contributed by atoms with Gasteiger partial charge >= 0.3 is 13.3 Å². The molecule has 23 heavy (non-hydrogen) atoms. The van der Waals surface area contributed by atoms with Gasteiger partial charge in [0.05, 0.1) is 17.2 Å². The molecule has 0 aliphatic heterocycles. The van der Waals surface area contributed by atoms with E-state index in [1.54, 1.807) is 6.08 Å². The Hall–Kier alpha value is -0.990. The van der Waals surface area contributed by atoms with Crippen molar-refractivity contribution >= 4 is 23.5 Å². The minimum atomic E-state index is -3.69. The second-order valence-electron chi connectivity index (χ2n) is 4.56. The zero-order valence-electron chi connectivity index (χ0n) is 12.7. The van der Waals surface area contributed by atoms with E-state index in [9.17, 15) is 19.0 Å². The predicted molar refractivity (Wildman–Crippen MR) is 89.9 cm³/mol. The quantitative estimate of drug-likeness (QED) is 0.343. The number of hydrogen-bond donors (Lipinski definition) is 2. The van der Waals surface area contributed by atoms with E-state index in [2.05, 4.69) is 20.9 Å². The van der Waals surface area contributed by atoms with Crippen molar-refractivity contribution in [2.24, 2.45) is 0 Å². The largest absolute Gasteiger partial charge is 0.382 e. The first-order chi connectivity index (χ1) is 10.9. The summed E-state index contributed by atoms with van der Waals surface area (Å²) in [4.78, 5) is 34.5. The summed E-state index contributed by atoms with van der Waals surface area (Å²) < 4.78 is 23.3. The minimum absolute atomic E-state index is 0.147. The fourth-order valence-corrected chi connectivity index (χ4v) is 2.86. The van der Waals surface area contributed by atoms with Gasteiger partial charge in [-0.05, 0) is 29.3 Å². The highest BCUT2D eigenvalue weighted by Gasteiger charge is 2.16. The monoisotopic (exact) mass is 410 g/mol. The van der Waals surface area contributed by atoms with Gasteiger partial charge in [-0.25, -0.2) is 4.79 Å². The maximum Gasteiger partial charge on any atom is 0.331 e. The van der Waals surface area contributed by atoms with Gasteiger partial charge in [0.25, 0.3) is 5.56 Å². The van der Waals surface area contributed by atoms with Crippen LogP contribution in [0.2, 0.25) is 0 Å². The molecule has 0 saturated carbocycles. The highest BCUT2D eigenvalue weighted by molar-refractivity contribution is 9.10. The molecule has 8 nitrogen and oxygen atoms in total. The molecule has 0 radical (unpaired) electrons. The van der Waals surface area contributed by atoms with E-state index >= 15 is 0 Å². The molecule has 2 N–H and O–H groups in total. The Morgan fingerprint density at radius 1 is 1.39 bits per heavy atom. The van der Waals surface area contributed by atoms with Crippen LogP contribution in [0.1, 0.15) is 13.3 Å². The lowest BCUT2D eigenvalue weighted by atomic mass is 10.5. The van der Waals surface area contributed by atoms with Gasteiger partial charge in [0.15, 0.2) is 0 Å². The zero-order chi connectivity index (χ0) is 17.3. The van der Waals surface area contributed by atoms with Crippen molar-refractivity contribution in [3.05, 3.63) is 43.7 Å². The number of aromatic amines is 1. The lowest BCUT2D eigenvalue weighted by Gasteiger charge is -2.10. The van der Waals surface area contributed by atoms with Gasteiger partial charge in [-0.15, -0.1) is 0 Å². The number of nitrogens with zero attached hydrogens (tertiary/aromatic N) is 1. The van der Waals surface area contributed by atoms with E-state index in [-0.39, 0.29) is 23.8 Å². The van der Waals surface area contributed by atoms with Crippen LogP contribution in [0.25, 0.3) is 0 Å². The zero-order valence-corrected chi connectivity index (χ0v) is 15.2. The molecule has 1 aromatic heterocycles. The SMILES string of the molecule is CCOCCCOP(=O)(O)C/C=C/Cn1cc(Br)c(=O)[nH]c1=O. The third-order valence-corrected chi connectivity index (χ3v) is 4.53. The second-order valence-corrected chi connectivity index (χ2v) is 7.32. The Bertz CT molecular complexity index is 684. The predicted octanol–water partition coefficient (Wildman–Crippen LogP) is 1.48. The van der Waals surface area contributed by atoms with Gasteiger partial charge in [-0.1, -0.05) is 12.2 Å². The molecule has 1 unspecified atom stereocenters. The van der Waals surface area contributed by atoms with E-state index in [1.807, 2.05) is 6.92 Å². The van der Waals surface area contributed by atoms with Crippen LogP contribution < -0.4 is 11.2 Å². The topological polar surface area (TPSA) is 111 Å². The summed E-state index contributed by atoms with van der Waals surface area (Å²) in [5, 5.41) is 0. The number of aromatic nitrogens is 2. The van der Waals surface area contributed by atoms with Gasteiger partial charge in [0.1, 0.15) is 0 Å². The van der Waals surface area contributed by atoms with Crippen LogP contribution in [-0.4, -0.2) is 40.4 Å². The summed E-state index contributed by atoms with van der Waals surface area (Å²) in [5.74, 6) is 0. The first-order valence-electron chi connectivity index (χ1n) is 7.04. The van der Waals surface area contributed by atoms with Crippen LogP contribution in [0.3, 0.4) is 0 Å². The Morgan fingerprint density at radius 3 is 2.83 bits per heavy atom. The average Bonchev–Trinajstić information content (AvgIpc) is 2.48. The third kappa shape index (κ3) is 7.90. The highest BCUT2D eigenvalue weighted by Crippen LogP contribution is 2.41. The van der Waals surface area contributed by atoms with Crippen LogP contribution in [0, 0.1) is 0 Å². The molecule has 130 valence electrons. The molecule has 1 heterocycles. The molecule has 0 aliphatic carbocycles. The summed E-state index contributed by atoms with van der Waals surface area (Å²) in [6.07, 6.45) is 4.77. The first kappa shape index (κ1) is 20.1. The number of hydrogen-bond acceptors (Lipinski definition) is 5. The van der Waals surface area contributed by atoms with Crippen molar-refractivity contribution in [2.45, 2.75) is 19.9 Å². The van der Waals surface area contributed by atoms with Crippen LogP contribution in [0.15, 0.2) is 32.4 Å². The number of halogens is 1. The van der Waals surface area contributed by atoms with Gasteiger partial charge in [0.2, 0.25) is 0 Å².